The summed E-state index contributed by atoms with van der Waals surface area (Å²) in [6.45, 7) is 0. The summed E-state index contributed by atoms with van der Waals surface area (Å²) in [6, 6.07) is 2.04. The molecular weight excluding hydrogens is 312 g/mol. The van der Waals surface area contributed by atoms with Gasteiger partial charge in [-0.3, -0.25) is 9.89 Å². The standard InChI is InChI=1S/C9H6BrF2N5O/c10-3-1-4(11)6(5(12)2-3)14-8(18)7-15-9(13)17-16-7/h1-2H,(H,14,18)(H3,13,15,16,17). The number of carbonyl (C=O) groups excluding carboxylic acids is 1. The van der Waals surface area contributed by atoms with E-state index in [1.165, 1.54) is 0 Å². The Labute approximate surface area is 108 Å². The zero-order valence-electron chi connectivity index (χ0n) is 8.67. The van der Waals surface area contributed by atoms with Crippen molar-refractivity contribution in [2.24, 2.45) is 0 Å². The second-order valence-corrected chi connectivity index (χ2v) is 4.16. The highest BCUT2D eigenvalue weighted by molar-refractivity contribution is 9.10. The molecule has 18 heavy (non-hydrogen) atoms. The van der Waals surface area contributed by atoms with Crippen LogP contribution < -0.4 is 11.1 Å². The minimum absolute atomic E-state index is 0.142. The summed E-state index contributed by atoms with van der Waals surface area (Å²) in [6.07, 6.45) is 0. The van der Waals surface area contributed by atoms with E-state index in [0.29, 0.717) is 0 Å². The molecule has 2 aromatic rings. The van der Waals surface area contributed by atoms with Gasteiger partial charge in [0.25, 0.3) is 5.91 Å². The van der Waals surface area contributed by atoms with Gasteiger partial charge in [0.15, 0.2) is 11.6 Å². The lowest BCUT2D eigenvalue weighted by Gasteiger charge is -2.06. The van der Waals surface area contributed by atoms with Crippen LogP contribution in [-0.2, 0) is 0 Å². The molecule has 0 bridgehead atoms. The van der Waals surface area contributed by atoms with Gasteiger partial charge in [0.2, 0.25) is 11.8 Å². The number of aromatic amines is 1. The lowest BCUT2D eigenvalue weighted by Crippen LogP contribution is -2.16. The van der Waals surface area contributed by atoms with Crippen LogP contribution in [0.25, 0.3) is 0 Å². The van der Waals surface area contributed by atoms with E-state index < -0.39 is 23.2 Å². The van der Waals surface area contributed by atoms with Gasteiger partial charge in [0.1, 0.15) is 5.69 Å². The number of rotatable bonds is 2. The number of H-pyrrole nitrogens is 1. The summed E-state index contributed by atoms with van der Waals surface area (Å²) in [7, 11) is 0. The Morgan fingerprint density at radius 3 is 2.50 bits per heavy atom. The SMILES string of the molecule is Nc1n[nH]c(C(=O)Nc2c(F)cc(Br)cc2F)n1. The first-order chi connectivity index (χ1) is 8.47. The molecule has 94 valence electrons. The predicted octanol–water partition coefficient (Wildman–Crippen LogP) is 1.68. The van der Waals surface area contributed by atoms with E-state index in [1.807, 2.05) is 5.32 Å². The molecule has 0 aliphatic rings. The number of amides is 1. The summed E-state index contributed by atoms with van der Waals surface area (Å²) < 4.78 is 27.1. The average Bonchev–Trinajstić information content (AvgIpc) is 2.70. The van der Waals surface area contributed by atoms with E-state index in [4.69, 9.17) is 5.73 Å². The van der Waals surface area contributed by atoms with Gasteiger partial charge in [0, 0.05) is 4.47 Å². The number of hydrogen-bond donors (Lipinski definition) is 3. The average molecular weight is 318 g/mol. The molecule has 9 heteroatoms. The molecule has 0 atom stereocenters. The number of nitrogens with zero attached hydrogens (tertiary/aromatic N) is 2. The van der Waals surface area contributed by atoms with E-state index in [-0.39, 0.29) is 16.2 Å². The van der Waals surface area contributed by atoms with Crippen molar-refractivity contribution >= 4 is 33.5 Å². The molecule has 1 aromatic carbocycles. The monoisotopic (exact) mass is 317 g/mol. The fourth-order valence-corrected chi connectivity index (χ4v) is 1.61. The van der Waals surface area contributed by atoms with Crippen LogP contribution in [0.4, 0.5) is 20.4 Å². The quantitative estimate of drug-likeness (QED) is 0.785. The van der Waals surface area contributed by atoms with Gasteiger partial charge in [-0.05, 0) is 12.1 Å². The maximum Gasteiger partial charge on any atom is 0.293 e. The predicted molar refractivity (Wildman–Crippen MR) is 62.8 cm³/mol. The highest BCUT2D eigenvalue weighted by Gasteiger charge is 2.17. The van der Waals surface area contributed by atoms with E-state index in [1.54, 1.807) is 0 Å². The van der Waals surface area contributed by atoms with Gasteiger partial charge in [-0.15, -0.1) is 5.10 Å². The first kappa shape index (κ1) is 12.4. The number of hydrogen-bond acceptors (Lipinski definition) is 4. The maximum atomic E-state index is 13.4. The zero-order chi connectivity index (χ0) is 13.3. The van der Waals surface area contributed by atoms with Crippen molar-refractivity contribution in [2.75, 3.05) is 11.1 Å². The van der Waals surface area contributed by atoms with E-state index in [2.05, 4.69) is 31.1 Å². The number of carbonyl (C=O) groups is 1. The second kappa shape index (κ2) is 4.69. The Kier molecular flexibility index (Phi) is 3.24. The first-order valence-electron chi connectivity index (χ1n) is 4.61. The molecule has 0 saturated carbocycles. The van der Waals surface area contributed by atoms with E-state index in [9.17, 15) is 13.6 Å². The third-order valence-corrected chi connectivity index (χ3v) is 2.42. The largest absolute Gasteiger partial charge is 0.366 e. The molecule has 1 amide bonds. The Balaban J connectivity index is 2.27. The minimum atomic E-state index is -0.914. The van der Waals surface area contributed by atoms with Crippen LogP contribution in [0.3, 0.4) is 0 Å². The molecule has 2 rings (SSSR count). The minimum Gasteiger partial charge on any atom is -0.366 e. The van der Waals surface area contributed by atoms with Crippen molar-refractivity contribution in [3.8, 4) is 0 Å². The number of aromatic nitrogens is 3. The molecule has 0 unspecified atom stereocenters. The molecule has 6 nitrogen and oxygen atoms in total. The van der Waals surface area contributed by atoms with Crippen LogP contribution in [0, 0.1) is 11.6 Å². The molecule has 0 spiro atoms. The van der Waals surface area contributed by atoms with E-state index in [0.717, 1.165) is 12.1 Å². The van der Waals surface area contributed by atoms with Crippen molar-refractivity contribution in [1.82, 2.24) is 15.2 Å². The molecule has 1 aromatic heterocycles. The van der Waals surface area contributed by atoms with Gasteiger partial charge >= 0.3 is 0 Å². The van der Waals surface area contributed by atoms with Crippen LogP contribution in [0.5, 0.6) is 0 Å². The fraction of sp³-hybridized carbons (Fsp3) is 0. The Morgan fingerprint density at radius 1 is 1.39 bits per heavy atom. The maximum absolute atomic E-state index is 13.4. The Bertz CT molecular complexity index is 592. The van der Waals surface area contributed by atoms with Crippen LogP contribution >= 0.6 is 15.9 Å². The van der Waals surface area contributed by atoms with Gasteiger partial charge in [-0.25, -0.2) is 8.78 Å². The Hall–Kier alpha value is -2.03. The summed E-state index contributed by atoms with van der Waals surface area (Å²) in [5.74, 6) is -3.06. The zero-order valence-corrected chi connectivity index (χ0v) is 10.3. The number of nitrogens with two attached hydrogens (primary N) is 1. The third kappa shape index (κ3) is 2.45. The molecule has 0 saturated heterocycles. The summed E-state index contributed by atoms with van der Waals surface area (Å²) in [4.78, 5) is 15.1. The molecule has 0 fully saturated rings. The van der Waals surface area contributed by atoms with Crippen molar-refractivity contribution in [3.05, 3.63) is 34.1 Å². The van der Waals surface area contributed by atoms with Crippen LogP contribution in [0.15, 0.2) is 16.6 Å². The highest BCUT2D eigenvalue weighted by atomic mass is 79.9. The normalized spacial score (nSPS) is 10.4. The van der Waals surface area contributed by atoms with Crippen molar-refractivity contribution in [3.63, 3.8) is 0 Å². The summed E-state index contributed by atoms with van der Waals surface area (Å²) in [5, 5.41) is 7.68. The summed E-state index contributed by atoms with van der Waals surface area (Å²) in [5.41, 5.74) is 4.63. The third-order valence-electron chi connectivity index (χ3n) is 1.96. The van der Waals surface area contributed by atoms with Gasteiger partial charge < -0.3 is 11.1 Å². The number of halogens is 3. The van der Waals surface area contributed by atoms with Gasteiger partial charge in [0.05, 0.1) is 0 Å². The molecule has 0 aliphatic heterocycles. The molecule has 1 heterocycles. The molecule has 0 radical (unpaired) electrons. The number of benzene rings is 1. The molecular formula is C9H6BrF2N5O. The van der Waals surface area contributed by atoms with Crippen LogP contribution in [-0.4, -0.2) is 21.1 Å². The summed E-state index contributed by atoms with van der Waals surface area (Å²) >= 11 is 2.92. The fourth-order valence-electron chi connectivity index (χ4n) is 1.21. The topological polar surface area (TPSA) is 96.7 Å². The van der Waals surface area contributed by atoms with Crippen LogP contribution in [0.1, 0.15) is 10.6 Å². The highest BCUT2D eigenvalue weighted by Crippen LogP contribution is 2.23. The Morgan fingerprint density at radius 2 is 2.00 bits per heavy atom. The number of anilines is 2. The number of nitrogen functional groups attached to an aromatic ring is 1. The number of nitrogens with one attached hydrogen (secondary N) is 2. The van der Waals surface area contributed by atoms with Gasteiger partial charge in [-0.1, -0.05) is 15.9 Å². The van der Waals surface area contributed by atoms with Crippen molar-refractivity contribution in [2.45, 2.75) is 0 Å². The van der Waals surface area contributed by atoms with Gasteiger partial charge in [-0.2, -0.15) is 4.98 Å². The molecule has 0 aliphatic carbocycles. The lowest BCUT2D eigenvalue weighted by molar-refractivity contribution is 0.101. The van der Waals surface area contributed by atoms with Crippen molar-refractivity contribution in [1.29, 1.82) is 0 Å². The molecule has 4 N–H and O–H groups in total. The lowest BCUT2D eigenvalue weighted by atomic mass is 10.3. The van der Waals surface area contributed by atoms with Crippen LogP contribution in [0.2, 0.25) is 0 Å². The smallest absolute Gasteiger partial charge is 0.293 e. The van der Waals surface area contributed by atoms with E-state index >= 15 is 0 Å². The second-order valence-electron chi connectivity index (χ2n) is 3.24. The van der Waals surface area contributed by atoms with Crippen molar-refractivity contribution < 1.29 is 13.6 Å². The first-order valence-corrected chi connectivity index (χ1v) is 5.40.